The lowest BCUT2D eigenvalue weighted by Gasteiger charge is -2.06. The quantitative estimate of drug-likeness (QED) is 0.639. The van der Waals surface area contributed by atoms with E-state index in [-0.39, 0.29) is 17.9 Å². The van der Waals surface area contributed by atoms with Gasteiger partial charge in [0.2, 0.25) is 5.91 Å². The van der Waals surface area contributed by atoms with E-state index in [9.17, 15) is 9.59 Å². The Morgan fingerprint density at radius 1 is 1.17 bits per heavy atom. The third-order valence-corrected chi connectivity index (χ3v) is 4.04. The molecule has 0 aliphatic heterocycles. The number of aromatic nitrogens is 2. The van der Waals surface area contributed by atoms with E-state index >= 15 is 0 Å². The number of aryl methyl sites for hydroxylation is 1. The number of nitrogens with zero attached hydrogens (tertiary/aromatic N) is 1. The first-order valence-electron chi connectivity index (χ1n) is 7.15. The summed E-state index contributed by atoms with van der Waals surface area (Å²) in [6.45, 7) is 0. The number of rotatable bonds is 4. The lowest BCUT2D eigenvalue weighted by atomic mass is 10.2. The first-order valence-corrected chi connectivity index (χ1v) is 8.23. The molecule has 0 unspecified atom stereocenters. The normalized spacial score (nSPS) is 10.7. The van der Waals surface area contributed by atoms with Gasteiger partial charge in [-0.05, 0) is 52.9 Å². The number of benzene rings is 2. The zero-order chi connectivity index (χ0) is 16.2. The van der Waals surface area contributed by atoms with Crippen LogP contribution in [0.25, 0.3) is 11.0 Å². The molecule has 116 valence electrons. The van der Waals surface area contributed by atoms with Gasteiger partial charge in [0.15, 0.2) is 0 Å². The summed E-state index contributed by atoms with van der Waals surface area (Å²) >= 11 is 2.19. The van der Waals surface area contributed by atoms with Gasteiger partial charge >= 0.3 is 0 Å². The zero-order valence-corrected chi connectivity index (χ0v) is 14.3. The minimum atomic E-state index is -0.245. The third kappa shape index (κ3) is 3.95. The van der Waals surface area contributed by atoms with E-state index in [4.69, 9.17) is 0 Å². The number of fused-ring (bicyclic) bond motifs is 1. The molecular weight excluding hydrogens is 405 g/mol. The maximum absolute atomic E-state index is 12.0. The van der Waals surface area contributed by atoms with Crippen molar-refractivity contribution in [1.29, 1.82) is 0 Å². The smallest absolute Gasteiger partial charge is 0.270 e. The number of anilines is 1. The van der Waals surface area contributed by atoms with Crippen molar-refractivity contribution in [3.8, 4) is 0 Å². The molecule has 0 aliphatic carbocycles. The first-order chi connectivity index (χ1) is 11.1. The van der Waals surface area contributed by atoms with Gasteiger partial charge in [0.1, 0.15) is 5.69 Å². The molecule has 0 saturated heterocycles. The summed E-state index contributed by atoms with van der Waals surface area (Å²) in [6, 6.07) is 14.9. The average Bonchev–Trinajstić information content (AvgIpc) is 2.53. The Kier molecular flexibility index (Phi) is 4.71. The Bertz CT molecular complexity index is 921. The zero-order valence-electron chi connectivity index (χ0n) is 12.2. The molecule has 0 atom stereocenters. The number of nitrogens with one attached hydrogen (secondary N) is 2. The second-order valence-electron chi connectivity index (χ2n) is 5.09. The van der Waals surface area contributed by atoms with Crippen LogP contribution in [0, 0.1) is 3.57 Å². The second kappa shape index (κ2) is 6.91. The number of hydrogen-bond donors (Lipinski definition) is 2. The molecule has 0 aliphatic rings. The van der Waals surface area contributed by atoms with Gasteiger partial charge in [-0.25, -0.2) is 4.98 Å². The Labute approximate surface area is 146 Å². The highest BCUT2D eigenvalue weighted by atomic mass is 127. The molecule has 2 aromatic carbocycles. The highest BCUT2D eigenvalue weighted by Gasteiger charge is 2.08. The Balaban J connectivity index is 1.69. The van der Waals surface area contributed by atoms with Gasteiger partial charge in [0.25, 0.3) is 5.56 Å². The van der Waals surface area contributed by atoms with E-state index in [0.717, 1.165) is 14.8 Å². The number of amides is 1. The average molecular weight is 419 g/mol. The van der Waals surface area contributed by atoms with Crippen LogP contribution in [0.5, 0.6) is 0 Å². The number of carbonyl (C=O) groups excluding carboxylic acids is 1. The number of para-hydroxylation sites is 2. The van der Waals surface area contributed by atoms with Crippen molar-refractivity contribution in [2.45, 2.75) is 12.8 Å². The maximum atomic E-state index is 12.0. The van der Waals surface area contributed by atoms with Crippen LogP contribution in [-0.2, 0) is 11.2 Å². The predicted molar refractivity (Wildman–Crippen MR) is 98.5 cm³/mol. The molecule has 23 heavy (non-hydrogen) atoms. The van der Waals surface area contributed by atoms with Gasteiger partial charge in [-0.1, -0.05) is 18.2 Å². The monoisotopic (exact) mass is 419 g/mol. The largest absolute Gasteiger partial charge is 0.326 e. The van der Waals surface area contributed by atoms with E-state index in [2.05, 4.69) is 37.9 Å². The Morgan fingerprint density at radius 2 is 2.00 bits per heavy atom. The molecule has 0 radical (unpaired) electrons. The molecule has 0 fully saturated rings. The molecule has 1 amide bonds. The molecule has 1 aromatic heterocycles. The summed E-state index contributed by atoms with van der Waals surface area (Å²) in [5, 5.41) is 2.83. The lowest BCUT2D eigenvalue weighted by molar-refractivity contribution is -0.116. The van der Waals surface area contributed by atoms with Crippen LogP contribution >= 0.6 is 22.6 Å². The molecule has 0 spiro atoms. The van der Waals surface area contributed by atoms with E-state index in [1.54, 1.807) is 6.07 Å². The molecule has 0 saturated carbocycles. The SMILES string of the molecule is O=C(CCc1nc2ccccc2[nH]c1=O)Nc1cccc(I)c1. The van der Waals surface area contributed by atoms with Crippen LogP contribution in [0.15, 0.2) is 53.3 Å². The van der Waals surface area contributed by atoms with Crippen molar-refractivity contribution in [3.05, 3.63) is 68.1 Å². The van der Waals surface area contributed by atoms with E-state index in [1.165, 1.54) is 0 Å². The molecule has 5 nitrogen and oxygen atoms in total. The third-order valence-electron chi connectivity index (χ3n) is 3.37. The van der Waals surface area contributed by atoms with Gasteiger partial charge in [-0.3, -0.25) is 9.59 Å². The molecular formula is C17H14IN3O2. The number of halogens is 1. The summed E-state index contributed by atoms with van der Waals surface area (Å²) in [6.07, 6.45) is 0.510. The van der Waals surface area contributed by atoms with Crippen molar-refractivity contribution in [1.82, 2.24) is 9.97 Å². The van der Waals surface area contributed by atoms with Crippen LogP contribution < -0.4 is 10.9 Å². The number of aromatic amines is 1. The predicted octanol–water partition coefficient (Wildman–Crippen LogP) is 3.10. The molecule has 0 bridgehead atoms. The van der Waals surface area contributed by atoms with Gasteiger partial charge in [0, 0.05) is 22.1 Å². The maximum Gasteiger partial charge on any atom is 0.270 e. The van der Waals surface area contributed by atoms with Crippen LogP contribution in [0.3, 0.4) is 0 Å². The fourth-order valence-electron chi connectivity index (χ4n) is 2.26. The van der Waals surface area contributed by atoms with E-state index < -0.39 is 0 Å². The van der Waals surface area contributed by atoms with E-state index in [1.807, 2.05) is 42.5 Å². The standard InChI is InChI=1S/C17H14IN3O2/c18-11-4-3-5-12(10-11)19-16(22)9-8-15-17(23)21-14-7-2-1-6-13(14)20-15/h1-7,10H,8-9H2,(H,19,22)(H,21,23). The Morgan fingerprint density at radius 3 is 2.83 bits per heavy atom. The van der Waals surface area contributed by atoms with Gasteiger partial charge in [0.05, 0.1) is 11.0 Å². The second-order valence-corrected chi connectivity index (χ2v) is 6.33. The first kappa shape index (κ1) is 15.7. The lowest BCUT2D eigenvalue weighted by Crippen LogP contribution is -2.19. The summed E-state index contributed by atoms with van der Waals surface area (Å²) in [4.78, 5) is 31.1. The van der Waals surface area contributed by atoms with Crippen molar-refractivity contribution >= 4 is 45.2 Å². The summed E-state index contributed by atoms with van der Waals surface area (Å²) < 4.78 is 1.05. The van der Waals surface area contributed by atoms with Crippen LogP contribution in [0.4, 0.5) is 5.69 Å². The van der Waals surface area contributed by atoms with Crippen LogP contribution in [-0.4, -0.2) is 15.9 Å². The van der Waals surface area contributed by atoms with Gasteiger partial charge in [-0.2, -0.15) is 0 Å². The minimum absolute atomic E-state index is 0.138. The molecule has 2 N–H and O–H groups in total. The fraction of sp³-hybridized carbons (Fsp3) is 0.118. The minimum Gasteiger partial charge on any atom is -0.326 e. The van der Waals surface area contributed by atoms with Crippen molar-refractivity contribution < 1.29 is 4.79 Å². The summed E-state index contributed by atoms with van der Waals surface area (Å²) in [5.41, 5.74) is 2.30. The van der Waals surface area contributed by atoms with Crippen LogP contribution in [0.1, 0.15) is 12.1 Å². The summed E-state index contributed by atoms with van der Waals surface area (Å²) in [7, 11) is 0. The van der Waals surface area contributed by atoms with Crippen molar-refractivity contribution in [2.75, 3.05) is 5.32 Å². The number of hydrogen-bond acceptors (Lipinski definition) is 3. The van der Waals surface area contributed by atoms with Crippen molar-refractivity contribution in [2.24, 2.45) is 0 Å². The van der Waals surface area contributed by atoms with Gasteiger partial charge < -0.3 is 10.3 Å². The van der Waals surface area contributed by atoms with E-state index in [0.29, 0.717) is 17.6 Å². The number of carbonyl (C=O) groups is 1. The molecule has 1 heterocycles. The van der Waals surface area contributed by atoms with Gasteiger partial charge in [-0.15, -0.1) is 0 Å². The molecule has 3 rings (SSSR count). The number of H-pyrrole nitrogens is 1. The molecule has 3 aromatic rings. The van der Waals surface area contributed by atoms with Crippen LogP contribution in [0.2, 0.25) is 0 Å². The highest BCUT2D eigenvalue weighted by molar-refractivity contribution is 14.1. The van der Waals surface area contributed by atoms with Crippen molar-refractivity contribution in [3.63, 3.8) is 0 Å². The Hall–Kier alpha value is -2.22. The highest BCUT2D eigenvalue weighted by Crippen LogP contribution is 2.13. The molecule has 6 heteroatoms. The summed E-state index contributed by atoms with van der Waals surface area (Å²) in [5.74, 6) is -0.138. The topological polar surface area (TPSA) is 74.8 Å². The fourth-order valence-corrected chi connectivity index (χ4v) is 2.80.